The Kier molecular flexibility index (Phi) is 4.57. The predicted octanol–water partition coefficient (Wildman–Crippen LogP) is 4.08. The number of hydrazone groups is 1. The largest absolute Gasteiger partial charge is 0.363 e. The Bertz CT molecular complexity index is 897. The lowest BCUT2D eigenvalue weighted by atomic mass is 10.2. The Morgan fingerprint density at radius 2 is 1.81 bits per heavy atom. The van der Waals surface area contributed by atoms with Gasteiger partial charge in [-0.2, -0.15) is 5.10 Å². The normalized spacial score (nSPS) is 12.5. The van der Waals surface area contributed by atoms with Crippen LogP contribution in [0.25, 0.3) is 0 Å². The highest BCUT2D eigenvalue weighted by Crippen LogP contribution is 2.47. The number of amides is 2. The van der Waals surface area contributed by atoms with Crippen LogP contribution in [0.3, 0.4) is 0 Å². The highest BCUT2D eigenvalue weighted by atomic mass is 32.2. The second kappa shape index (κ2) is 7.32. The van der Waals surface area contributed by atoms with E-state index in [0.29, 0.717) is 12.4 Å². The minimum atomic E-state index is -0.481. The molecular weight excluding hydrogens is 350 g/mol. The van der Waals surface area contributed by atoms with Crippen LogP contribution in [0.1, 0.15) is 0 Å². The van der Waals surface area contributed by atoms with Crippen molar-refractivity contribution in [3.8, 4) is 0 Å². The van der Waals surface area contributed by atoms with Crippen molar-refractivity contribution in [2.75, 3.05) is 16.8 Å². The molecule has 0 unspecified atom stereocenters. The molecule has 0 saturated heterocycles. The Morgan fingerprint density at radius 1 is 1.12 bits per heavy atom. The van der Waals surface area contributed by atoms with E-state index in [1.165, 1.54) is 16.1 Å². The third-order valence-corrected chi connectivity index (χ3v) is 4.86. The molecule has 0 aliphatic carbocycles. The molecule has 4 rings (SSSR count). The molecule has 2 N–H and O–H groups in total. The van der Waals surface area contributed by atoms with Crippen LogP contribution in [0.2, 0.25) is 0 Å². The van der Waals surface area contributed by atoms with Gasteiger partial charge in [0.25, 0.3) is 0 Å². The van der Waals surface area contributed by atoms with Crippen molar-refractivity contribution in [1.82, 2.24) is 10.6 Å². The number of para-hydroxylation sites is 2. The fourth-order valence-electron chi connectivity index (χ4n) is 2.63. The van der Waals surface area contributed by atoms with Crippen LogP contribution in [-0.4, -0.2) is 23.9 Å². The van der Waals surface area contributed by atoms with Crippen LogP contribution < -0.4 is 15.6 Å². The number of carbonyl (C=O) groups excluding carboxylic acids is 1. The first-order valence-corrected chi connectivity index (χ1v) is 8.75. The third-order valence-electron chi connectivity index (χ3n) is 3.73. The predicted molar refractivity (Wildman–Crippen MR) is 101 cm³/mol. The number of fused-ring (bicyclic) bond motifs is 2. The summed E-state index contributed by atoms with van der Waals surface area (Å²) in [5.41, 5.74) is 4.65. The molecular formula is C18H15N5O2S. The second-order valence-electron chi connectivity index (χ2n) is 5.41. The second-order valence-corrected chi connectivity index (χ2v) is 6.49. The summed E-state index contributed by atoms with van der Waals surface area (Å²) >= 11 is 1.75. The van der Waals surface area contributed by atoms with Gasteiger partial charge in [-0.1, -0.05) is 41.2 Å². The van der Waals surface area contributed by atoms with Crippen LogP contribution in [0, 0.1) is 0 Å². The summed E-state index contributed by atoms with van der Waals surface area (Å²) in [5.74, 6) is 0.327. The fourth-order valence-corrected chi connectivity index (χ4v) is 3.72. The van der Waals surface area contributed by atoms with Gasteiger partial charge in [-0.05, 0) is 24.3 Å². The lowest BCUT2D eigenvalue weighted by Crippen LogP contribution is -2.27. The number of aromatic nitrogens is 1. The van der Waals surface area contributed by atoms with Crippen LogP contribution in [0.15, 0.2) is 80.3 Å². The van der Waals surface area contributed by atoms with E-state index in [9.17, 15) is 4.79 Å². The van der Waals surface area contributed by atoms with Gasteiger partial charge in [0.1, 0.15) is 6.26 Å². The first-order chi connectivity index (χ1) is 12.8. The molecule has 0 radical (unpaired) electrons. The number of rotatable bonds is 4. The molecule has 2 amide bonds. The van der Waals surface area contributed by atoms with E-state index in [1.807, 2.05) is 24.3 Å². The van der Waals surface area contributed by atoms with E-state index in [2.05, 4.69) is 54.7 Å². The molecule has 0 bridgehead atoms. The average molecular weight is 365 g/mol. The molecule has 0 atom stereocenters. The van der Waals surface area contributed by atoms with Gasteiger partial charge in [0.05, 0.1) is 17.9 Å². The van der Waals surface area contributed by atoms with Crippen LogP contribution in [0.4, 0.5) is 22.0 Å². The van der Waals surface area contributed by atoms with Crippen molar-refractivity contribution >= 4 is 41.2 Å². The van der Waals surface area contributed by atoms with E-state index >= 15 is 0 Å². The zero-order valence-corrected chi connectivity index (χ0v) is 14.4. The molecule has 1 aliphatic heterocycles. The molecule has 2 heterocycles. The van der Waals surface area contributed by atoms with Crippen molar-refractivity contribution in [3.05, 3.63) is 60.9 Å². The summed E-state index contributed by atoms with van der Waals surface area (Å²) in [6, 6.07) is 17.5. The van der Waals surface area contributed by atoms with E-state index < -0.39 is 6.03 Å². The Labute approximate surface area is 154 Å². The average Bonchev–Trinajstić information content (AvgIpc) is 3.17. The zero-order chi connectivity index (χ0) is 17.8. The van der Waals surface area contributed by atoms with Gasteiger partial charge in [0, 0.05) is 22.1 Å². The number of hydrogen-bond acceptors (Lipinski definition) is 6. The van der Waals surface area contributed by atoms with E-state index in [0.717, 1.165) is 11.4 Å². The number of benzene rings is 2. The topological polar surface area (TPSA) is 82.8 Å². The summed E-state index contributed by atoms with van der Waals surface area (Å²) in [6.45, 7) is 0.527. The van der Waals surface area contributed by atoms with Crippen molar-refractivity contribution in [1.29, 1.82) is 0 Å². The molecule has 0 fully saturated rings. The van der Waals surface area contributed by atoms with Crippen LogP contribution in [0.5, 0.6) is 0 Å². The summed E-state index contributed by atoms with van der Waals surface area (Å²) < 4.78 is 4.65. The number of carbonyl (C=O) groups is 1. The van der Waals surface area contributed by atoms with Crippen molar-refractivity contribution in [2.24, 2.45) is 5.10 Å². The number of nitrogens with zero attached hydrogens (tertiary/aromatic N) is 3. The van der Waals surface area contributed by atoms with Crippen molar-refractivity contribution in [2.45, 2.75) is 9.79 Å². The summed E-state index contributed by atoms with van der Waals surface area (Å²) in [7, 11) is 0. The van der Waals surface area contributed by atoms with E-state index in [4.69, 9.17) is 0 Å². The van der Waals surface area contributed by atoms with Gasteiger partial charge in [0.15, 0.2) is 5.82 Å². The number of urea groups is 1. The van der Waals surface area contributed by atoms with Gasteiger partial charge >= 0.3 is 6.03 Å². The van der Waals surface area contributed by atoms with Gasteiger partial charge in [-0.15, -0.1) is 0 Å². The molecule has 3 aromatic rings. The van der Waals surface area contributed by atoms with Gasteiger partial charge < -0.3 is 9.42 Å². The molecule has 2 aromatic carbocycles. The maximum Gasteiger partial charge on any atom is 0.340 e. The summed E-state index contributed by atoms with van der Waals surface area (Å²) in [4.78, 5) is 16.3. The minimum Gasteiger partial charge on any atom is -0.363 e. The maximum absolute atomic E-state index is 11.7. The van der Waals surface area contributed by atoms with Crippen LogP contribution in [-0.2, 0) is 0 Å². The first-order valence-electron chi connectivity index (χ1n) is 7.93. The number of hydrogen-bond donors (Lipinski definition) is 2. The van der Waals surface area contributed by atoms with Crippen molar-refractivity contribution < 1.29 is 9.32 Å². The first kappa shape index (κ1) is 16.2. The number of nitrogens with one attached hydrogen (secondary N) is 2. The fraction of sp³-hybridized carbons (Fsp3) is 0.0556. The smallest absolute Gasteiger partial charge is 0.340 e. The Morgan fingerprint density at radius 3 is 2.46 bits per heavy atom. The molecule has 8 heteroatoms. The lowest BCUT2D eigenvalue weighted by molar-refractivity contribution is 0.252. The minimum absolute atomic E-state index is 0.327. The van der Waals surface area contributed by atoms with Gasteiger partial charge in [-0.3, -0.25) is 5.32 Å². The lowest BCUT2D eigenvalue weighted by Gasteiger charge is -2.31. The van der Waals surface area contributed by atoms with Crippen molar-refractivity contribution in [3.63, 3.8) is 0 Å². The van der Waals surface area contributed by atoms with E-state index in [-0.39, 0.29) is 0 Å². The molecule has 0 spiro atoms. The quantitative estimate of drug-likeness (QED) is 0.538. The maximum atomic E-state index is 11.7. The van der Waals surface area contributed by atoms with Gasteiger partial charge in [0.2, 0.25) is 0 Å². The monoisotopic (exact) mass is 365 g/mol. The summed E-state index contributed by atoms with van der Waals surface area (Å²) in [6.07, 6.45) is 3.04. The molecule has 26 heavy (non-hydrogen) atoms. The van der Waals surface area contributed by atoms with Gasteiger partial charge in [-0.25, -0.2) is 10.2 Å². The zero-order valence-electron chi connectivity index (χ0n) is 13.6. The third kappa shape index (κ3) is 3.40. The molecule has 1 aliphatic rings. The van der Waals surface area contributed by atoms with E-state index in [1.54, 1.807) is 24.0 Å². The SMILES string of the molecule is O=C(N/N=C/CN1c2ccccc2Sc2ccccc21)Nc1ccon1. The Hall–Kier alpha value is -3.26. The Balaban J connectivity index is 1.45. The standard InChI is InChI=1S/C18H15N5O2S/c24-18(20-17-9-12-25-22-17)21-19-10-11-23-13-5-1-3-7-15(13)26-16-8-4-2-6-14(16)23/h1-10,12H,11H2,(H2,20,21,22,24)/b19-10+. The molecule has 130 valence electrons. The highest BCUT2D eigenvalue weighted by molar-refractivity contribution is 7.99. The number of anilines is 3. The summed E-state index contributed by atoms with van der Waals surface area (Å²) in [5, 5.41) is 10.1. The molecule has 0 saturated carbocycles. The molecule has 1 aromatic heterocycles. The molecule has 7 nitrogen and oxygen atoms in total. The highest BCUT2D eigenvalue weighted by Gasteiger charge is 2.21. The van der Waals surface area contributed by atoms with Crippen LogP contribution >= 0.6 is 11.8 Å².